The van der Waals surface area contributed by atoms with E-state index in [-0.39, 0.29) is 0 Å². The summed E-state index contributed by atoms with van der Waals surface area (Å²) < 4.78 is 2.46. The topological polar surface area (TPSA) is 4.36 Å². The van der Waals surface area contributed by atoms with Gasteiger partial charge in [-0.2, -0.15) is 0 Å². The van der Waals surface area contributed by atoms with Gasteiger partial charge in [-0.3, -0.25) is 0 Å². The first-order valence-corrected chi connectivity index (χ1v) is 15.3. The van der Waals surface area contributed by atoms with Crippen molar-refractivity contribution in [3.63, 3.8) is 0 Å². The van der Waals surface area contributed by atoms with Crippen molar-refractivity contribution in [3.05, 3.63) is 151 Å². The second kappa shape index (κ2) is 9.26. The van der Waals surface area contributed by atoms with Crippen LogP contribution in [0.25, 0.3) is 90.4 Å². The van der Waals surface area contributed by atoms with Crippen LogP contribution in [-0.2, 0) is 0 Å². The monoisotopic (exact) mass is 561 g/mol. The van der Waals surface area contributed by atoms with Gasteiger partial charge in [-0.25, -0.2) is 4.85 Å². The predicted molar refractivity (Wildman–Crippen MR) is 186 cm³/mol. The molecular formula is C41H23NS. The maximum absolute atomic E-state index is 7.52. The smallest absolute Gasteiger partial charge is 0.187 e. The van der Waals surface area contributed by atoms with E-state index in [9.17, 15) is 0 Å². The summed E-state index contributed by atoms with van der Waals surface area (Å²) in [5.41, 5.74) is 5.60. The maximum atomic E-state index is 7.52. The molecule has 0 radical (unpaired) electrons. The molecule has 0 bridgehead atoms. The van der Waals surface area contributed by atoms with Crippen LogP contribution in [0.4, 0.5) is 5.69 Å². The van der Waals surface area contributed by atoms with Gasteiger partial charge in [0.25, 0.3) is 0 Å². The summed E-state index contributed by atoms with van der Waals surface area (Å²) in [4.78, 5) is 3.69. The number of rotatable bonds is 2. The van der Waals surface area contributed by atoms with Gasteiger partial charge in [-0.05, 0) is 113 Å². The van der Waals surface area contributed by atoms with Crippen molar-refractivity contribution in [2.75, 3.05) is 0 Å². The fourth-order valence-electron chi connectivity index (χ4n) is 6.79. The van der Waals surface area contributed by atoms with E-state index in [4.69, 9.17) is 6.57 Å². The molecule has 198 valence electrons. The van der Waals surface area contributed by atoms with Crippen molar-refractivity contribution in [2.24, 2.45) is 0 Å². The van der Waals surface area contributed by atoms with E-state index < -0.39 is 0 Å². The second-order valence-corrected chi connectivity index (χ2v) is 12.3. The van der Waals surface area contributed by atoms with Crippen molar-refractivity contribution in [1.29, 1.82) is 0 Å². The lowest BCUT2D eigenvalue weighted by atomic mass is 9.87. The fraction of sp³-hybridized carbons (Fsp3) is 0. The third kappa shape index (κ3) is 3.69. The number of fused-ring (bicyclic) bond motifs is 9. The molecule has 0 atom stereocenters. The van der Waals surface area contributed by atoms with Crippen molar-refractivity contribution in [3.8, 4) is 22.3 Å². The highest BCUT2D eigenvalue weighted by atomic mass is 32.1. The molecule has 0 fully saturated rings. The van der Waals surface area contributed by atoms with E-state index in [0.717, 1.165) is 5.39 Å². The Balaban J connectivity index is 1.35. The Kier molecular flexibility index (Phi) is 5.20. The van der Waals surface area contributed by atoms with Gasteiger partial charge in [-0.1, -0.05) is 103 Å². The quantitative estimate of drug-likeness (QED) is 0.146. The molecule has 9 aromatic rings. The lowest BCUT2D eigenvalue weighted by Gasteiger charge is -2.16. The van der Waals surface area contributed by atoms with Crippen molar-refractivity contribution >= 4 is 80.3 Å². The molecule has 0 aliphatic rings. The van der Waals surface area contributed by atoms with Crippen LogP contribution in [0, 0.1) is 6.57 Å². The Bertz CT molecular complexity index is 2630. The molecule has 0 amide bonds. The molecule has 9 rings (SSSR count). The summed E-state index contributed by atoms with van der Waals surface area (Å²) >= 11 is 1.79. The van der Waals surface area contributed by atoms with Crippen molar-refractivity contribution in [1.82, 2.24) is 0 Å². The summed E-state index contributed by atoms with van der Waals surface area (Å²) in [5.74, 6) is 0. The van der Waals surface area contributed by atoms with Gasteiger partial charge < -0.3 is 0 Å². The summed E-state index contributed by atoms with van der Waals surface area (Å²) in [7, 11) is 0. The van der Waals surface area contributed by atoms with E-state index >= 15 is 0 Å². The molecule has 0 unspecified atom stereocenters. The van der Waals surface area contributed by atoms with Crippen LogP contribution in [0.2, 0.25) is 0 Å². The zero-order valence-corrected chi connectivity index (χ0v) is 24.0. The van der Waals surface area contributed by atoms with Crippen LogP contribution in [-0.4, -0.2) is 0 Å². The molecular weight excluding hydrogens is 539 g/mol. The van der Waals surface area contributed by atoms with Crippen molar-refractivity contribution < 1.29 is 0 Å². The molecule has 1 aromatic heterocycles. The van der Waals surface area contributed by atoms with Crippen LogP contribution in [0.1, 0.15) is 0 Å². The third-order valence-electron chi connectivity index (χ3n) is 8.84. The minimum Gasteiger partial charge on any atom is -0.238 e. The molecule has 0 aliphatic carbocycles. The Hall–Kier alpha value is -5.49. The SMILES string of the molecule is [C-]#[N+]c1ccc2sc3ccc(-c4cc5c6ccccc6c(-c6ccc7ccccc7c6)cc5c5ccccc45)cc3c2c1. The van der Waals surface area contributed by atoms with Gasteiger partial charge in [0, 0.05) is 9.40 Å². The average Bonchev–Trinajstić information content (AvgIpc) is 3.44. The largest absolute Gasteiger partial charge is 0.238 e. The number of thiophene rings is 1. The highest BCUT2D eigenvalue weighted by Crippen LogP contribution is 2.44. The first-order valence-electron chi connectivity index (χ1n) is 14.5. The fourth-order valence-corrected chi connectivity index (χ4v) is 7.85. The lowest BCUT2D eigenvalue weighted by Crippen LogP contribution is -1.89. The zero-order chi connectivity index (χ0) is 28.5. The molecule has 1 nitrogen and oxygen atoms in total. The summed E-state index contributed by atoms with van der Waals surface area (Å²) in [6.07, 6.45) is 0. The van der Waals surface area contributed by atoms with E-state index in [1.165, 1.54) is 80.1 Å². The average molecular weight is 562 g/mol. The summed E-state index contributed by atoms with van der Waals surface area (Å²) in [5, 5.41) is 12.4. The van der Waals surface area contributed by atoms with E-state index in [2.05, 4.69) is 132 Å². The minimum atomic E-state index is 0.683. The summed E-state index contributed by atoms with van der Waals surface area (Å²) in [6.45, 7) is 7.52. The van der Waals surface area contributed by atoms with Crippen LogP contribution >= 0.6 is 11.3 Å². The number of nitrogens with zero attached hydrogens (tertiary/aromatic N) is 1. The van der Waals surface area contributed by atoms with Gasteiger partial charge in [0.05, 0.1) is 6.57 Å². The van der Waals surface area contributed by atoms with E-state index in [1.54, 1.807) is 11.3 Å². The third-order valence-corrected chi connectivity index (χ3v) is 9.99. The Labute approximate surface area is 252 Å². The lowest BCUT2D eigenvalue weighted by molar-refractivity contribution is 1.69. The Morgan fingerprint density at radius 3 is 1.60 bits per heavy atom. The van der Waals surface area contributed by atoms with E-state index in [1.807, 2.05) is 12.1 Å². The zero-order valence-electron chi connectivity index (χ0n) is 23.1. The highest BCUT2D eigenvalue weighted by Gasteiger charge is 2.16. The Morgan fingerprint density at radius 1 is 0.395 bits per heavy atom. The van der Waals surface area contributed by atoms with Crippen molar-refractivity contribution in [2.45, 2.75) is 0 Å². The molecule has 2 heteroatoms. The standard InChI is InChI=1S/C41H23NS/c1-42-29-17-19-41-39(22-29)38-21-28(16-18-40(38)43-41)35-24-37-32-12-6-4-10-30(32)34(23-36(37)33-13-7-5-11-31(33)35)27-15-14-25-8-2-3-9-26(25)20-27/h2-24H. The maximum Gasteiger partial charge on any atom is 0.187 e. The molecule has 0 aliphatic heterocycles. The first-order chi connectivity index (χ1) is 21.2. The number of benzene rings is 8. The summed E-state index contributed by atoms with van der Waals surface area (Å²) in [6, 6.07) is 50.7. The normalized spacial score (nSPS) is 11.7. The van der Waals surface area contributed by atoms with Crippen LogP contribution in [0.3, 0.4) is 0 Å². The number of hydrogen-bond donors (Lipinski definition) is 0. The second-order valence-electron chi connectivity index (χ2n) is 11.2. The van der Waals surface area contributed by atoms with Gasteiger partial charge in [0.1, 0.15) is 0 Å². The van der Waals surface area contributed by atoms with Crippen LogP contribution in [0.5, 0.6) is 0 Å². The van der Waals surface area contributed by atoms with E-state index in [0.29, 0.717) is 5.69 Å². The minimum absolute atomic E-state index is 0.683. The van der Waals surface area contributed by atoms with Gasteiger partial charge in [-0.15, -0.1) is 11.3 Å². The van der Waals surface area contributed by atoms with Gasteiger partial charge >= 0.3 is 0 Å². The number of hydrogen-bond acceptors (Lipinski definition) is 1. The van der Waals surface area contributed by atoms with Gasteiger partial charge in [0.2, 0.25) is 0 Å². The first kappa shape index (κ1) is 24.1. The molecule has 0 saturated carbocycles. The van der Waals surface area contributed by atoms with Crippen LogP contribution < -0.4 is 0 Å². The van der Waals surface area contributed by atoms with Crippen LogP contribution in [0.15, 0.2) is 140 Å². The molecule has 0 saturated heterocycles. The van der Waals surface area contributed by atoms with Gasteiger partial charge in [0.15, 0.2) is 5.69 Å². The molecule has 8 aromatic carbocycles. The Morgan fingerprint density at radius 2 is 0.930 bits per heavy atom. The molecule has 0 spiro atoms. The molecule has 43 heavy (non-hydrogen) atoms. The predicted octanol–water partition coefficient (Wildman–Crippen LogP) is 12.6. The molecule has 0 N–H and O–H groups in total. The molecule has 1 heterocycles. The highest BCUT2D eigenvalue weighted by molar-refractivity contribution is 7.25.